The zero-order chi connectivity index (χ0) is 21.9. The Morgan fingerprint density at radius 2 is 2.06 bits per heavy atom. The van der Waals surface area contributed by atoms with Gasteiger partial charge in [0.1, 0.15) is 11.7 Å². The quantitative estimate of drug-likeness (QED) is 0.679. The summed E-state index contributed by atoms with van der Waals surface area (Å²) in [6, 6.07) is 7.72. The Balaban J connectivity index is 1.43. The van der Waals surface area contributed by atoms with Crippen molar-refractivity contribution in [1.29, 1.82) is 0 Å². The summed E-state index contributed by atoms with van der Waals surface area (Å²) < 4.78 is 0. The van der Waals surface area contributed by atoms with Crippen molar-refractivity contribution in [3.63, 3.8) is 0 Å². The van der Waals surface area contributed by atoms with Crippen LogP contribution in [0.4, 0.5) is 5.69 Å². The number of anilines is 1. The van der Waals surface area contributed by atoms with Gasteiger partial charge in [-0.05, 0) is 49.3 Å². The van der Waals surface area contributed by atoms with Gasteiger partial charge in [0.25, 0.3) is 0 Å². The Morgan fingerprint density at radius 1 is 1.26 bits per heavy atom. The highest BCUT2D eigenvalue weighted by molar-refractivity contribution is 6.01. The Bertz CT molecular complexity index is 1190. The summed E-state index contributed by atoms with van der Waals surface area (Å²) in [6.45, 7) is 4.61. The Labute approximate surface area is 181 Å². The lowest BCUT2D eigenvalue weighted by Gasteiger charge is -2.28. The molecule has 0 spiro atoms. The van der Waals surface area contributed by atoms with Gasteiger partial charge in [-0.1, -0.05) is 19.9 Å². The number of aromatic nitrogens is 3. The molecule has 0 bridgehead atoms. The van der Waals surface area contributed by atoms with Crippen LogP contribution in [0, 0.1) is 5.41 Å². The van der Waals surface area contributed by atoms with Gasteiger partial charge in [0.05, 0.1) is 5.69 Å². The summed E-state index contributed by atoms with van der Waals surface area (Å²) in [5.41, 5.74) is 6.64. The number of rotatable bonds is 3. The minimum atomic E-state index is -0.382. The minimum Gasteiger partial charge on any atom is -0.353 e. The van der Waals surface area contributed by atoms with Crippen LogP contribution in [0.1, 0.15) is 44.4 Å². The fraction of sp³-hybridized carbons (Fsp3) is 0.458. The highest BCUT2D eigenvalue weighted by atomic mass is 16.2. The van der Waals surface area contributed by atoms with E-state index in [0.717, 1.165) is 47.2 Å². The number of carbonyl (C=O) groups excluding carboxylic acids is 2. The second-order valence-electron chi connectivity index (χ2n) is 9.78. The number of benzene rings is 1. The van der Waals surface area contributed by atoms with Crippen molar-refractivity contribution in [1.82, 2.24) is 20.1 Å². The van der Waals surface area contributed by atoms with Crippen LogP contribution < -0.4 is 4.90 Å². The molecular weight excluding hydrogens is 390 g/mol. The predicted molar refractivity (Wildman–Crippen MR) is 121 cm³/mol. The molecule has 31 heavy (non-hydrogen) atoms. The third kappa shape index (κ3) is 3.32. The number of hydrogen-bond donors (Lipinski definition) is 2. The first kappa shape index (κ1) is 19.8. The second kappa shape index (κ2) is 6.97. The summed E-state index contributed by atoms with van der Waals surface area (Å²) in [5, 5.41) is 8.96. The molecule has 162 valence electrons. The Hall–Kier alpha value is -3.09. The van der Waals surface area contributed by atoms with Gasteiger partial charge in [0.2, 0.25) is 11.8 Å². The fourth-order valence-corrected chi connectivity index (χ4v) is 4.97. The van der Waals surface area contributed by atoms with Crippen molar-refractivity contribution in [2.45, 2.75) is 52.0 Å². The SMILES string of the molecule is CN(C(=O)[C@@H]1CCC(=O)N1C)c1ccc2cc(-c3n[nH]c4c3CCC(C)(C)C4)[nH]c2c1. The molecule has 2 aliphatic rings. The van der Waals surface area contributed by atoms with E-state index in [1.807, 2.05) is 18.2 Å². The van der Waals surface area contributed by atoms with Crippen LogP contribution in [0.3, 0.4) is 0 Å². The van der Waals surface area contributed by atoms with Gasteiger partial charge in [0, 0.05) is 48.4 Å². The van der Waals surface area contributed by atoms with E-state index in [1.165, 1.54) is 11.3 Å². The molecule has 5 rings (SSSR count). The summed E-state index contributed by atoms with van der Waals surface area (Å²) >= 11 is 0. The van der Waals surface area contributed by atoms with Crippen molar-refractivity contribution in [3.8, 4) is 11.4 Å². The van der Waals surface area contributed by atoms with E-state index in [1.54, 1.807) is 23.9 Å². The lowest BCUT2D eigenvalue weighted by molar-refractivity contribution is -0.132. The van der Waals surface area contributed by atoms with Gasteiger partial charge in [0.15, 0.2) is 0 Å². The van der Waals surface area contributed by atoms with Crippen molar-refractivity contribution in [2.24, 2.45) is 5.41 Å². The summed E-state index contributed by atoms with van der Waals surface area (Å²) in [4.78, 5) is 31.5. The van der Waals surface area contributed by atoms with Gasteiger partial charge >= 0.3 is 0 Å². The number of H-pyrrole nitrogens is 2. The first-order valence-electron chi connectivity index (χ1n) is 11.0. The highest BCUT2D eigenvalue weighted by Gasteiger charge is 2.35. The number of nitrogens with one attached hydrogen (secondary N) is 2. The third-order valence-electron chi connectivity index (χ3n) is 7.02. The van der Waals surface area contributed by atoms with E-state index in [9.17, 15) is 9.59 Å². The van der Waals surface area contributed by atoms with E-state index in [0.29, 0.717) is 18.3 Å². The van der Waals surface area contributed by atoms with E-state index >= 15 is 0 Å². The molecule has 2 aromatic heterocycles. The zero-order valence-corrected chi connectivity index (χ0v) is 18.6. The topological polar surface area (TPSA) is 85.1 Å². The number of amides is 2. The monoisotopic (exact) mass is 419 g/mol. The number of aromatic amines is 2. The molecule has 7 heteroatoms. The lowest BCUT2D eigenvalue weighted by atomic mass is 9.76. The van der Waals surface area contributed by atoms with Gasteiger partial charge in [-0.15, -0.1) is 0 Å². The van der Waals surface area contributed by atoms with Crippen molar-refractivity contribution < 1.29 is 9.59 Å². The van der Waals surface area contributed by atoms with Crippen LogP contribution in [0.5, 0.6) is 0 Å². The van der Waals surface area contributed by atoms with Crippen molar-refractivity contribution in [3.05, 3.63) is 35.5 Å². The van der Waals surface area contributed by atoms with Crippen LogP contribution in [0.15, 0.2) is 24.3 Å². The number of nitrogens with zero attached hydrogens (tertiary/aromatic N) is 3. The molecule has 0 saturated carbocycles. The fourth-order valence-electron chi connectivity index (χ4n) is 4.97. The first-order valence-corrected chi connectivity index (χ1v) is 11.0. The zero-order valence-electron chi connectivity index (χ0n) is 18.6. The molecule has 0 radical (unpaired) electrons. The average molecular weight is 420 g/mol. The van der Waals surface area contributed by atoms with Gasteiger partial charge in [-0.2, -0.15) is 5.10 Å². The molecule has 1 aromatic carbocycles. The normalized spacial score (nSPS) is 20.3. The maximum Gasteiger partial charge on any atom is 0.249 e. The Kier molecular flexibility index (Phi) is 4.46. The molecular formula is C24H29N5O2. The number of likely N-dealkylation sites (N-methyl/N-ethyl adjacent to an activating group) is 2. The maximum absolute atomic E-state index is 13.0. The Morgan fingerprint density at radius 3 is 2.81 bits per heavy atom. The van der Waals surface area contributed by atoms with E-state index in [4.69, 9.17) is 0 Å². The molecule has 3 heterocycles. The predicted octanol–water partition coefficient (Wildman–Crippen LogP) is 3.66. The molecule has 1 aliphatic carbocycles. The number of hydrogen-bond acceptors (Lipinski definition) is 3. The van der Waals surface area contributed by atoms with Crippen LogP contribution in [0.2, 0.25) is 0 Å². The standard InChI is InChI=1S/C24H29N5O2/c1-24(2)10-9-16-19(13-24)26-27-22(16)18-11-14-5-6-15(12-17(14)25-18)28(3)23(31)20-7-8-21(30)29(20)4/h5-6,11-12,20,25H,7-10,13H2,1-4H3,(H,26,27)/t20-/m0/s1. The molecule has 1 aliphatic heterocycles. The van der Waals surface area contributed by atoms with Gasteiger partial charge in [-0.3, -0.25) is 14.7 Å². The number of likely N-dealkylation sites (tertiary alicyclic amines) is 1. The lowest BCUT2D eigenvalue weighted by Crippen LogP contribution is -2.43. The van der Waals surface area contributed by atoms with Crippen LogP contribution in [-0.4, -0.2) is 52.0 Å². The smallest absolute Gasteiger partial charge is 0.249 e. The van der Waals surface area contributed by atoms with Crippen LogP contribution in [-0.2, 0) is 22.4 Å². The van der Waals surface area contributed by atoms with Crippen LogP contribution in [0.25, 0.3) is 22.3 Å². The summed E-state index contributed by atoms with van der Waals surface area (Å²) in [6.07, 6.45) is 4.21. The molecule has 0 unspecified atom stereocenters. The van der Waals surface area contributed by atoms with Gasteiger partial charge < -0.3 is 14.8 Å². The third-order valence-corrected chi connectivity index (χ3v) is 7.02. The first-order chi connectivity index (χ1) is 14.7. The van der Waals surface area contributed by atoms with E-state index in [2.05, 4.69) is 35.1 Å². The summed E-state index contributed by atoms with van der Waals surface area (Å²) in [5.74, 6) is -0.0228. The maximum atomic E-state index is 13.0. The second-order valence-corrected chi connectivity index (χ2v) is 9.78. The number of fused-ring (bicyclic) bond motifs is 2. The minimum absolute atomic E-state index is 0.0296. The summed E-state index contributed by atoms with van der Waals surface area (Å²) in [7, 11) is 3.48. The molecule has 7 nitrogen and oxygen atoms in total. The van der Waals surface area contributed by atoms with Crippen molar-refractivity contribution in [2.75, 3.05) is 19.0 Å². The van der Waals surface area contributed by atoms with E-state index in [-0.39, 0.29) is 17.9 Å². The molecule has 2 N–H and O–H groups in total. The highest BCUT2D eigenvalue weighted by Crippen LogP contribution is 2.38. The largest absolute Gasteiger partial charge is 0.353 e. The van der Waals surface area contributed by atoms with Crippen molar-refractivity contribution >= 4 is 28.4 Å². The van der Waals surface area contributed by atoms with E-state index < -0.39 is 0 Å². The molecule has 1 saturated heterocycles. The number of carbonyl (C=O) groups is 2. The molecule has 1 atom stereocenters. The van der Waals surface area contributed by atoms with Crippen LogP contribution >= 0.6 is 0 Å². The molecule has 2 amide bonds. The molecule has 1 fully saturated rings. The average Bonchev–Trinajstić information content (AvgIpc) is 3.42. The molecule has 3 aromatic rings. The van der Waals surface area contributed by atoms with Gasteiger partial charge in [-0.25, -0.2) is 0 Å².